The molecule has 0 saturated carbocycles. The number of hydrogen-bond donors (Lipinski definition) is 3. The summed E-state index contributed by atoms with van der Waals surface area (Å²) in [4.78, 5) is 32.0. The van der Waals surface area contributed by atoms with Crippen LogP contribution in [-0.4, -0.2) is 64.9 Å². The van der Waals surface area contributed by atoms with Crippen molar-refractivity contribution in [2.75, 3.05) is 26.2 Å². The van der Waals surface area contributed by atoms with Gasteiger partial charge in [-0.25, -0.2) is 14.4 Å². The molecule has 1 amide bonds. The Bertz CT molecular complexity index is 403. The molecule has 2 heterocycles. The largest absolute Gasteiger partial charge is 0.473 e. The zero-order chi connectivity index (χ0) is 15.6. The number of rotatable bonds is 0. The number of carbonyl (C=O) groups is 3. The average Bonchev–Trinajstić information content (AvgIpc) is 2.10. The number of carbonyl (C=O) groups excluding carboxylic acids is 1. The van der Waals surface area contributed by atoms with Gasteiger partial charge in [-0.3, -0.25) is 0 Å². The minimum atomic E-state index is -1.56. The van der Waals surface area contributed by atoms with Gasteiger partial charge in [-0.15, -0.1) is 0 Å². The fourth-order valence-corrected chi connectivity index (χ4v) is 1.92. The first kappa shape index (κ1) is 16.2. The molecule has 114 valence electrons. The van der Waals surface area contributed by atoms with Gasteiger partial charge in [0.15, 0.2) is 0 Å². The molecule has 0 aromatic carbocycles. The molecular weight excluding hydrogens is 268 g/mol. The van der Waals surface area contributed by atoms with E-state index >= 15 is 0 Å². The lowest BCUT2D eigenvalue weighted by Crippen LogP contribution is -2.71. The second-order valence-corrected chi connectivity index (χ2v) is 6.05. The van der Waals surface area contributed by atoms with Gasteiger partial charge in [-0.1, -0.05) is 0 Å². The Hall–Kier alpha value is -1.83. The van der Waals surface area contributed by atoms with Crippen molar-refractivity contribution in [1.82, 2.24) is 10.2 Å². The molecule has 3 N–H and O–H groups in total. The maximum absolute atomic E-state index is 10.3. The smallest absolute Gasteiger partial charge is 0.417 e. The minimum absolute atomic E-state index is 0.332. The van der Waals surface area contributed by atoms with E-state index < -0.39 is 23.6 Å². The maximum Gasteiger partial charge on any atom is 0.417 e. The van der Waals surface area contributed by atoms with Crippen LogP contribution in [0.1, 0.15) is 20.8 Å². The van der Waals surface area contributed by atoms with Gasteiger partial charge < -0.3 is 25.2 Å². The first-order chi connectivity index (χ1) is 9.05. The zero-order valence-electron chi connectivity index (χ0n) is 11.8. The number of nitrogens with zero attached hydrogens (tertiary/aromatic N) is 1. The van der Waals surface area contributed by atoms with Crippen LogP contribution in [0.2, 0.25) is 0 Å². The molecule has 0 aromatic rings. The number of carboxylic acids is 1. The Morgan fingerprint density at radius 3 is 1.85 bits per heavy atom. The fourth-order valence-electron chi connectivity index (χ4n) is 1.92. The lowest BCUT2D eigenvalue weighted by molar-refractivity contribution is -0.171. The number of nitrogens with one attached hydrogen (secondary N) is 1. The predicted molar refractivity (Wildman–Crippen MR) is 68.4 cm³/mol. The zero-order valence-corrected chi connectivity index (χ0v) is 11.8. The first-order valence-corrected chi connectivity index (χ1v) is 6.20. The number of carboxylic acid groups (broad SMARTS) is 2. The van der Waals surface area contributed by atoms with E-state index in [-0.39, 0.29) is 0 Å². The molecule has 0 radical (unpaired) electrons. The van der Waals surface area contributed by atoms with Crippen LogP contribution in [0.4, 0.5) is 4.79 Å². The van der Waals surface area contributed by atoms with Gasteiger partial charge in [0.05, 0.1) is 0 Å². The molecule has 2 aliphatic heterocycles. The molecule has 0 atom stereocenters. The number of esters is 1. The summed E-state index contributed by atoms with van der Waals surface area (Å²) in [6, 6.07) is 0. The van der Waals surface area contributed by atoms with E-state index in [9.17, 15) is 14.4 Å². The van der Waals surface area contributed by atoms with Crippen LogP contribution < -0.4 is 5.32 Å². The van der Waals surface area contributed by atoms with E-state index in [0.717, 1.165) is 26.2 Å². The monoisotopic (exact) mass is 288 g/mol. The van der Waals surface area contributed by atoms with E-state index in [1.165, 1.54) is 4.90 Å². The molecule has 2 fully saturated rings. The van der Waals surface area contributed by atoms with Crippen LogP contribution in [0.15, 0.2) is 0 Å². The van der Waals surface area contributed by atoms with Gasteiger partial charge >= 0.3 is 18.0 Å². The van der Waals surface area contributed by atoms with Crippen LogP contribution in [-0.2, 0) is 14.3 Å². The Morgan fingerprint density at radius 1 is 1.15 bits per heavy atom. The van der Waals surface area contributed by atoms with Crippen LogP contribution in [0.25, 0.3) is 0 Å². The highest BCUT2D eigenvalue weighted by atomic mass is 16.6. The summed E-state index contributed by atoms with van der Waals surface area (Å²) in [7, 11) is 0. The molecule has 2 rings (SSSR count). The van der Waals surface area contributed by atoms with Crippen molar-refractivity contribution in [2.24, 2.45) is 5.41 Å². The van der Waals surface area contributed by atoms with Crippen LogP contribution in [0, 0.1) is 5.41 Å². The molecule has 20 heavy (non-hydrogen) atoms. The number of hydrogen-bond acceptors (Lipinski definition) is 5. The molecular formula is C12H20N2O6. The third-order valence-corrected chi connectivity index (χ3v) is 2.90. The van der Waals surface area contributed by atoms with Crippen LogP contribution >= 0.6 is 0 Å². The highest BCUT2D eigenvalue weighted by molar-refractivity contribution is 6.28. The normalized spacial score (nSPS) is 19.1. The summed E-state index contributed by atoms with van der Waals surface area (Å²) >= 11 is 0. The summed E-state index contributed by atoms with van der Waals surface area (Å²) < 4.78 is 4.46. The van der Waals surface area contributed by atoms with Crippen molar-refractivity contribution >= 4 is 18.0 Å². The molecule has 0 unspecified atom stereocenters. The van der Waals surface area contributed by atoms with Crippen molar-refractivity contribution < 1.29 is 29.3 Å². The van der Waals surface area contributed by atoms with Gasteiger partial charge in [0.2, 0.25) is 0 Å². The summed E-state index contributed by atoms with van der Waals surface area (Å²) in [5.41, 5.74) is -0.395. The summed E-state index contributed by atoms with van der Waals surface area (Å²) in [6.45, 7) is 8.27. The second-order valence-electron chi connectivity index (χ2n) is 6.05. The molecule has 0 aromatic heterocycles. The summed E-state index contributed by atoms with van der Waals surface area (Å²) in [5, 5.41) is 19.7. The lowest BCUT2D eigenvalue weighted by atomic mass is 9.75. The highest BCUT2D eigenvalue weighted by Gasteiger charge is 2.49. The van der Waals surface area contributed by atoms with Crippen molar-refractivity contribution in [3.8, 4) is 0 Å². The van der Waals surface area contributed by atoms with Crippen molar-refractivity contribution in [3.05, 3.63) is 0 Å². The molecule has 8 heteroatoms. The van der Waals surface area contributed by atoms with E-state index in [2.05, 4.69) is 10.1 Å². The summed E-state index contributed by atoms with van der Waals surface area (Å²) in [6.07, 6.45) is -0.780. The van der Waals surface area contributed by atoms with Crippen molar-refractivity contribution in [2.45, 2.75) is 26.4 Å². The molecule has 2 saturated heterocycles. The number of amides is 1. The van der Waals surface area contributed by atoms with E-state index in [0.29, 0.717) is 5.41 Å². The third kappa shape index (κ3) is 4.37. The number of likely N-dealkylation sites (tertiary alicyclic amines) is 1. The molecule has 2 aliphatic rings. The molecule has 8 nitrogen and oxygen atoms in total. The quantitative estimate of drug-likeness (QED) is 0.424. The van der Waals surface area contributed by atoms with Crippen LogP contribution in [0.5, 0.6) is 0 Å². The number of ether oxygens (including phenoxy) is 1. The summed E-state index contributed by atoms with van der Waals surface area (Å²) in [5.74, 6) is -2.78. The maximum atomic E-state index is 10.3. The van der Waals surface area contributed by atoms with Crippen molar-refractivity contribution in [3.63, 3.8) is 0 Å². The van der Waals surface area contributed by atoms with Gasteiger partial charge in [0, 0.05) is 31.6 Å². The Kier molecular flexibility index (Phi) is 4.59. The lowest BCUT2D eigenvalue weighted by Gasteiger charge is -2.54. The Morgan fingerprint density at radius 2 is 1.65 bits per heavy atom. The molecule has 1 spiro atoms. The van der Waals surface area contributed by atoms with Gasteiger partial charge in [-0.2, -0.15) is 0 Å². The van der Waals surface area contributed by atoms with E-state index in [1.54, 1.807) is 20.8 Å². The SMILES string of the molecule is CC(C)(C)OC(=O)C(=O)O.O=C(O)N1CC2(CNC2)C1. The fraction of sp³-hybridized carbons (Fsp3) is 0.750. The van der Waals surface area contributed by atoms with E-state index in [4.69, 9.17) is 10.2 Å². The standard InChI is InChI=1S/C6H10N2O2.C6H10O4/c9-5(10)8-3-6(4-8)1-7-2-6;1-6(2,3)10-5(9)4(7)8/h7H,1-4H2,(H,9,10);1-3H3,(H,7,8). The predicted octanol–water partition coefficient (Wildman–Crippen LogP) is -0.0177. The Labute approximate surface area is 116 Å². The highest BCUT2D eigenvalue weighted by Crippen LogP contribution is 2.33. The average molecular weight is 288 g/mol. The molecule has 0 bridgehead atoms. The second kappa shape index (κ2) is 5.66. The van der Waals surface area contributed by atoms with Gasteiger partial charge in [0.25, 0.3) is 0 Å². The third-order valence-electron chi connectivity index (χ3n) is 2.90. The van der Waals surface area contributed by atoms with Gasteiger partial charge in [0.1, 0.15) is 5.60 Å². The van der Waals surface area contributed by atoms with Crippen molar-refractivity contribution in [1.29, 1.82) is 0 Å². The first-order valence-electron chi connectivity index (χ1n) is 6.20. The minimum Gasteiger partial charge on any atom is -0.473 e. The number of aliphatic carboxylic acids is 1. The van der Waals surface area contributed by atoms with E-state index in [1.807, 2.05) is 0 Å². The van der Waals surface area contributed by atoms with Crippen LogP contribution in [0.3, 0.4) is 0 Å². The van der Waals surface area contributed by atoms with Gasteiger partial charge in [-0.05, 0) is 20.8 Å². The topological polar surface area (TPSA) is 116 Å². The molecule has 0 aliphatic carbocycles. The Balaban J connectivity index is 0.000000200.